The quantitative estimate of drug-likeness (QED) is 0.613. The van der Waals surface area contributed by atoms with Crippen molar-refractivity contribution in [1.82, 2.24) is 10.2 Å². The molecule has 3 aromatic rings. The average molecular weight is 324 g/mol. The van der Waals surface area contributed by atoms with E-state index in [-0.39, 0.29) is 0 Å². The molecule has 0 bridgehead atoms. The predicted molar refractivity (Wildman–Crippen MR) is 94.7 cm³/mol. The van der Waals surface area contributed by atoms with E-state index in [1.54, 1.807) is 11.8 Å². The minimum Gasteiger partial charge on any atom is -0.411 e. The van der Waals surface area contributed by atoms with Gasteiger partial charge in [-0.25, -0.2) is 0 Å². The van der Waals surface area contributed by atoms with Crippen molar-refractivity contribution in [3.63, 3.8) is 0 Å². The smallest absolute Gasteiger partial charge is 0.277 e. The maximum Gasteiger partial charge on any atom is 0.277 e. The van der Waals surface area contributed by atoms with Gasteiger partial charge in [-0.1, -0.05) is 47.2 Å². The number of aryl methyl sites for hydroxylation is 4. The molecule has 3 nitrogen and oxygen atoms in total. The molecule has 0 radical (unpaired) electrons. The zero-order valence-electron chi connectivity index (χ0n) is 13.9. The number of benzene rings is 2. The molecule has 1 heterocycles. The van der Waals surface area contributed by atoms with Crippen LogP contribution in [-0.2, 0) is 5.75 Å². The van der Waals surface area contributed by atoms with E-state index in [0.29, 0.717) is 11.1 Å². The Kier molecular flexibility index (Phi) is 4.53. The molecular weight excluding hydrogens is 304 g/mol. The van der Waals surface area contributed by atoms with Gasteiger partial charge in [0.25, 0.3) is 5.22 Å². The minimum absolute atomic E-state index is 0.580. The van der Waals surface area contributed by atoms with Gasteiger partial charge in [0, 0.05) is 11.3 Å². The highest BCUT2D eigenvalue weighted by atomic mass is 32.2. The fourth-order valence-corrected chi connectivity index (χ4v) is 3.25. The number of nitrogens with zero attached hydrogens (tertiary/aromatic N) is 2. The summed E-state index contributed by atoms with van der Waals surface area (Å²) in [6.45, 7) is 8.42. The zero-order valence-corrected chi connectivity index (χ0v) is 14.7. The molecule has 0 unspecified atom stereocenters. The van der Waals surface area contributed by atoms with Gasteiger partial charge in [0.1, 0.15) is 0 Å². The number of hydrogen-bond donors (Lipinski definition) is 0. The van der Waals surface area contributed by atoms with Crippen LogP contribution in [0.5, 0.6) is 0 Å². The van der Waals surface area contributed by atoms with E-state index in [2.05, 4.69) is 68.2 Å². The van der Waals surface area contributed by atoms with E-state index in [1.165, 1.54) is 27.8 Å². The summed E-state index contributed by atoms with van der Waals surface area (Å²) in [7, 11) is 0. The van der Waals surface area contributed by atoms with E-state index >= 15 is 0 Å². The normalized spacial score (nSPS) is 11.0. The topological polar surface area (TPSA) is 38.9 Å². The first-order valence-corrected chi connectivity index (χ1v) is 8.61. The third kappa shape index (κ3) is 3.82. The molecule has 3 rings (SSSR count). The van der Waals surface area contributed by atoms with Crippen LogP contribution in [0.3, 0.4) is 0 Å². The highest BCUT2D eigenvalue weighted by Gasteiger charge is 2.10. The summed E-state index contributed by atoms with van der Waals surface area (Å²) >= 11 is 1.57. The second kappa shape index (κ2) is 6.59. The predicted octanol–water partition coefficient (Wildman–Crippen LogP) is 5.26. The van der Waals surface area contributed by atoms with Crippen molar-refractivity contribution < 1.29 is 4.42 Å². The Hall–Kier alpha value is -2.07. The van der Waals surface area contributed by atoms with Crippen molar-refractivity contribution in [1.29, 1.82) is 0 Å². The Balaban J connectivity index is 1.73. The minimum atomic E-state index is 0.580. The van der Waals surface area contributed by atoms with Crippen LogP contribution in [0.1, 0.15) is 27.8 Å². The second-order valence-electron chi connectivity index (χ2n) is 5.96. The van der Waals surface area contributed by atoms with Gasteiger partial charge in [-0.05, 0) is 56.5 Å². The van der Waals surface area contributed by atoms with Gasteiger partial charge in [-0.2, -0.15) is 0 Å². The van der Waals surface area contributed by atoms with E-state index < -0.39 is 0 Å². The first kappa shape index (κ1) is 15.8. The Morgan fingerprint density at radius 1 is 0.870 bits per heavy atom. The van der Waals surface area contributed by atoms with Gasteiger partial charge < -0.3 is 4.42 Å². The summed E-state index contributed by atoms with van der Waals surface area (Å²) in [6.07, 6.45) is 0. The summed E-state index contributed by atoms with van der Waals surface area (Å²) in [5.74, 6) is 1.41. The molecule has 4 heteroatoms. The zero-order chi connectivity index (χ0) is 16.4. The number of hydrogen-bond acceptors (Lipinski definition) is 4. The lowest BCUT2D eigenvalue weighted by Gasteiger charge is -2.03. The van der Waals surface area contributed by atoms with Gasteiger partial charge in [-0.3, -0.25) is 0 Å². The summed E-state index contributed by atoms with van der Waals surface area (Å²) in [5, 5.41) is 8.93. The van der Waals surface area contributed by atoms with Crippen LogP contribution in [0.2, 0.25) is 0 Å². The lowest BCUT2D eigenvalue weighted by Crippen LogP contribution is -1.85. The molecule has 0 atom stereocenters. The molecule has 0 amide bonds. The monoisotopic (exact) mass is 324 g/mol. The van der Waals surface area contributed by atoms with Crippen LogP contribution in [-0.4, -0.2) is 10.2 Å². The fraction of sp³-hybridized carbons (Fsp3) is 0.263. The van der Waals surface area contributed by atoms with E-state index in [0.717, 1.165) is 11.3 Å². The summed E-state index contributed by atoms with van der Waals surface area (Å²) < 4.78 is 5.79. The Labute approximate surface area is 141 Å². The highest BCUT2D eigenvalue weighted by molar-refractivity contribution is 7.98. The molecular formula is C19H20N2OS. The Morgan fingerprint density at radius 3 is 2.30 bits per heavy atom. The van der Waals surface area contributed by atoms with Crippen molar-refractivity contribution in [2.45, 2.75) is 38.7 Å². The van der Waals surface area contributed by atoms with Gasteiger partial charge >= 0.3 is 0 Å². The molecule has 0 fully saturated rings. The molecule has 0 N–H and O–H groups in total. The molecule has 0 saturated heterocycles. The van der Waals surface area contributed by atoms with Crippen molar-refractivity contribution in [2.75, 3.05) is 0 Å². The van der Waals surface area contributed by atoms with Crippen LogP contribution in [0.25, 0.3) is 11.5 Å². The number of rotatable bonds is 4. The first-order chi connectivity index (χ1) is 11.0. The fourth-order valence-electron chi connectivity index (χ4n) is 2.56. The Bertz CT molecular complexity index is 819. The average Bonchev–Trinajstić information content (AvgIpc) is 2.96. The molecule has 118 valence electrons. The largest absolute Gasteiger partial charge is 0.411 e. The molecule has 0 saturated carbocycles. The second-order valence-corrected chi connectivity index (χ2v) is 6.88. The van der Waals surface area contributed by atoms with Crippen LogP contribution >= 0.6 is 11.8 Å². The van der Waals surface area contributed by atoms with Crippen molar-refractivity contribution >= 4 is 11.8 Å². The molecule has 23 heavy (non-hydrogen) atoms. The lowest BCUT2D eigenvalue weighted by atomic mass is 10.1. The SMILES string of the molecule is Cc1cc(C)cc(CSc2nnc(-c3ccc(C)c(C)c3)o2)c1. The number of thioether (sulfide) groups is 1. The molecule has 0 aliphatic rings. The van der Waals surface area contributed by atoms with Gasteiger partial charge in [0.15, 0.2) is 0 Å². The molecule has 0 aliphatic carbocycles. The standard InChI is InChI=1S/C19H20N2OS/c1-12-7-13(2)9-16(8-12)11-23-19-21-20-18(22-19)17-6-5-14(3)15(4)10-17/h5-10H,11H2,1-4H3. The maximum absolute atomic E-state index is 5.79. The van der Waals surface area contributed by atoms with Gasteiger partial charge in [-0.15, -0.1) is 10.2 Å². The van der Waals surface area contributed by atoms with Crippen LogP contribution in [0.4, 0.5) is 0 Å². The van der Waals surface area contributed by atoms with Gasteiger partial charge in [0.05, 0.1) is 0 Å². The van der Waals surface area contributed by atoms with E-state index in [4.69, 9.17) is 4.42 Å². The molecule has 1 aromatic heterocycles. The maximum atomic E-state index is 5.79. The van der Waals surface area contributed by atoms with Gasteiger partial charge in [0.2, 0.25) is 5.89 Å². The van der Waals surface area contributed by atoms with Crippen molar-refractivity contribution in [2.24, 2.45) is 0 Å². The summed E-state index contributed by atoms with van der Waals surface area (Å²) in [6, 6.07) is 12.8. The van der Waals surface area contributed by atoms with Crippen LogP contribution in [0, 0.1) is 27.7 Å². The first-order valence-electron chi connectivity index (χ1n) is 7.62. The Morgan fingerprint density at radius 2 is 1.61 bits per heavy atom. The van der Waals surface area contributed by atoms with Crippen molar-refractivity contribution in [3.8, 4) is 11.5 Å². The van der Waals surface area contributed by atoms with Crippen LogP contribution < -0.4 is 0 Å². The lowest BCUT2D eigenvalue weighted by molar-refractivity contribution is 0.466. The number of aromatic nitrogens is 2. The molecule has 2 aromatic carbocycles. The van der Waals surface area contributed by atoms with E-state index in [9.17, 15) is 0 Å². The summed E-state index contributed by atoms with van der Waals surface area (Å²) in [4.78, 5) is 0. The highest BCUT2D eigenvalue weighted by Crippen LogP contribution is 2.27. The molecule has 0 aliphatic heterocycles. The molecule has 0 spiro atoms. The summed E-state index contributed by atoms with van der Waals surface area (Å²) in [5.41, 5.74) is 7.30. The third-order valence-corrected chi connectivity index (χ3v) is 4.69. The third-order valence-electron chi connectivity index (χ3n) is 3.80. The van der Waals surface area contributed by atoms with E-state index in [1.807, 2.05) is 6.07 Å². The van der Waals surface area contributed by atoms with Crippen molar-refractivity contribution in [3.05, 3.63) is 64.2 Å². The van der Waals surface area contributed by atoms with Crippen LogP contribution in [0.15, 0.2) is 46.0 Å².